The Morgan fingerprint density at radius 3 is 2.14 bits per heavy atom. The zero-order valence-electron chi connectivity index (χ0n) is 8.94. The largest absolute Gasteiger partial charge is 0.355 e. The molecule has 0 fully saturated rings. The molecule has 0 radical (unpaired) electrons. The minimum atomic E-state index is -3.48. The normalized spacial score (nSPS) is 12.1. The summed E-state index contributed by atoms with van der Waals surface area (Å²) in [6, 6.07) is 0. The Morgan fingerprint density at radius 1 is 1.29 bits per heavy atom. The van der Waals surface area contributed by atoms with Gasteiger partial charge in [-0.2, -0.15) is 17.0 Å². The summed E-state index contributed by atoms with van der Waals surface area (Å²) in [5, 5.41) is 2.52. The molecule has 0 rings (SSSR count). The topological polar surface area (TPSA) is 69.7 Å². The van der Waals surface area contributed by atoms with E-state index in [1.165, 1.54) is 21.1 Å². The lowest BCUT2D eigenvalue weighted by atomic mass is 10.5. The Labute approximate surface area is 85.1 Å². The van der Waals surface area contributed by atoms with Crippen LogP contribution in [0.2, 0.25) is 0 Å². The number of likely N-dealkylation sites (N-methyl/N-ethyl adjacent to an activating group) is 2. The van der Waals surface area contributed by atoms with Crippen molar-refractivity contribution >= 4 is 16.1 Å². The van der Waals surface area contributed by atoms with Crippen LogP contribution in [0.25, 0.3) is 0 Å². The van der Waals surface area contributed by atoms with Crippen LogP contribution in [0.15, 0.2) is 0 Å². The molecular formula is C7H17N3O3S. The average molecular weight is 223 g/mol. The van der Waals surface area contributed by atoms with Crippen molar-refractivity contribution in [3.63, 3.8) is 0 Å². The predicted octanol–water partition coefficient (Wildman–Crippen LogP) is -1.14. The number of carbonyl (C=O) groups excluding carboxylic acids is 1. The summed E-state index contributed by atoms with van der Waals surface area (Å²) >= 11 is 0. The fourth-order valence-electron chi connectivity index (χ4n) is 0.816. The molecule has 84 valence electrons. The van der Waals surface area contributed by atoms with E-state index in [0.29, 0.717) is 6.54 Å². The van der Waals surface area contributed by atoms with Gasteiger partial charge in [-0.1, -0.05) is 0 Å². The molecule has 0 saturated heterocycles. The Kier molecular flexibility index (Phi) is 5.03. The molecule has 0 atom stereocenters. The van der Waals surface area contributed by atoms with Crippen LogP contribution in [-0.2, 0) is 15.0 Å². The van der Waals surface area contributed by atoms with Gasteiger partial charge in [0.1, 0.15) is 0 Å². The van der Waals surface area contributed by atoms with Crippen molar-refractivity contribution in [1.82, 2.24) is 13.9 Å². The van der Waals surface area contributed by atoms with Crippen LogP contribution in [0.5, 0.6) is 0 Å². The minimum absolute atomic E-state index is 0.158. The van der Waals surface area contributed by atoms with Gasteiger partial charge >= 0.3 is 0 Å². The Hall–Kier alpha value is -0.660. The summed E-state index contributed by atoms with van der Waals surface area (Å²) in [6.07, 6.45) is 0. The number of carbonyl (C=O) groups is 1. The van der Waals surface area contributed by atoms with Gasteiger partial charge in [-0.05, 0) is 6.92 Å². The van der Waals surface area contributed by atoms with E-state index in [2.05, 4.69) is 5.32 Å². The molecule has 0 heterocycles. The molecular weight excluding hydrogens is 206 g/mol. The molecule has 0 aliphatic rings. The Bertz CT molecular complexity index is 287. The lowest BCUT2D eigenvalue weighted by Crippen LogP contribution is -2.43. The molecule has 0 saturated carbocycles. The van der Waals surface area contributed by atoms with Crippen LogP contribution in [0, 0.1) is 0 Å². The predicted molar refractivity (Wildman–Crippen MR) is 53.9 cm³/mol. The van der Waals surface area contributed by atoms with Crippen molar-refractivity contribution in [3.05, 3.63) is 0 Å². The molecule has 0 spiro atoms. The van der Waals surface area contributed by atoms with E-state index in [1.54, 1.807) is 6.92 Å². The molecule has 6 nitrogen and oxygen atoms in total. The maximum atomic E-state index is 11.4. The van der Waals surface area contributed by atoms with Crippen molar-refractivity contribution in [2.75, 3.05) is 34.2 Å². The van der Waals surface area contributed by atoms with Crippen LogP contribution in [-0.4, -0.2) is 57.2 Å². The van der Waals surface area contributed by atoms with Gasteiger partial charge in [0, 0.05) is 27.7 Å². The number of hydrogen-bond acceptors (Lipinski definition) is 3. The van der Waals surface area contributed by atoms with E-state index < -0.39 is 10.2 Å². The number of nitrogens with one attached hydrogen (secondary N) is 1. The van der Waals surface area contributed by atoms with Gasteiger partial charge in [0.05, 0.1) is 6.54 Å². The molecule has 0 aromatic carbocycles. The highest BCUT2D eigenvalue weighted by atomic mass is 32.2. The minimum Gasteiger partial charge on any atom is -0.355 e. The molecule has 0 aromatic rings. The highest BCUT2D eigenvalue weighted by molar-refractivity contribution is 7.86. The van der Waals surface area contributed by atoms with E-state index in [-0.39, 0.29) is 12.5 Å². The maximum Gasteiger partial charge on any atom is 0.281 e. The second-order valence-corrected chi connectivity index (χ2v) is 5.25. The second-order valence-electron chi connectivity index (χ2n) is 3.00. The van der Waals surface area contributed by atoms with Crippen molar-refractivity contribution in [2.24, 2.45) is 0 Å². The zero-order valence-corrected chi connectivity index (χ0v) is 9.76. The monoisotopic (exact) mass is 223 g/mol. The van der Waals surface area contributed by atoms with Crippen molar-refractivity contribution in [2.45, 2.75) is 6.92 Å². The third kappa shape index (κ3) is 3.60. The van der Waals surface area contributed by atoms with Crippen LogP contribution < -0.4 is 5.32 Å². The summed E-state index contributed by atoms with van der Waals surface area (Å²) in [6.45, 7) is 2.11. The lowest BCUT2D eigenvalue weighted by Gasteiger charge is -2.20. The molecule has 0 aromatic heterocycles. The number of rotatable bonds is 5. The fraction of sp³-hybridized carbons (Fsp3) is 0.857. The molecule has 0 unspecified atom stereocenters. The molecule has 1 N–H and O–H groups in total. The van der Waals surface area contributed by atoms with Gasteiger partial charge < -0.3 is 5.32 Å². The number of amides is 1. The Morgan fingerprint density at radius 2 is 1.79 bits per heavy atom. The first kappa shape index (κ1) is 13.3. The van der Waals surface area contributed by atoms with E-state index in [1.807, 2.05) is 0 Å². The van der Waals surface area contributed by atoms with Crippen LogP contribution in [0.1, 0.15) is 6.92 Å². The Balaban J connectivity index is 4.35. The first-order chi connectivity index (χ1) is 6.32. The van der Waals surface area contributed by atoms with Gasteiger partial charge in [0.25, 0.3) is 10.2 Å². The molecule has 0 bridgehead atoms. The van der Waals surface area contributed by atoms with Gasteiger partial charge in [-0.3, -0.25) is 4.79 Å². The van der Waals surface area contributed by atoms with Crippen molar-refractivity contribution in [3.8, 4) is 0 Å². The van der Waals surface area contributed by atoms with Gasteiger partial charge in [0.15, 0.2) is 0 Å². The summed E-state index contributed by atoms with van der Waals surface area (Å²) < 4.78 is 24.9. The van der Waals surface area contributed by atoms with Gasteiger partial charge in [-0.25, -0.2) is 0 Å². The first-order valence-corrected chi connectivity index (χ1v) is 5.62. The molecule has 0 aliphatic heterocycles. The van der Waals surface area contributed by atoms with Crippen LogP contribution >= 0.6 is 0 Å². The van der Waals surface area contributed by atoms with Crippen LogP contribution in [0.3, 0.4) is 0 Å². The van der Waals surface area contributed by atoms with Gasteiger partial charge in [-0.15, -0.1) is 0 Å². The highest BCUT2D eigenvalue weighted by Crippen LogP contribution is 1.99. The second kappa shape index (κ2) is 5.28. The summed E-state index contributed by atoms with van der Waals surface area (Å²) in [5.41, 5.74) is 0. The van der Waals surface area contributed by atoms with Gasteiger partial charge in [0.2, 0.25) is 5.91 Å². The van der Waals surface area contributed by atoms with E-state index in [9.17, 15) is 13.2 Å². The zero-order chi connectivity index (χ0) is 11.4. The summed E-state index contributed by atoms with van der Waals surface area (Å²) in [4.78, 5) is 11.1. The maximum absolute atomic E-state index is 11.4. The average Bonchev–Trinajstić information content (AvgIpc) is 2.03. The molecule has 14 heavy (non-hydrogen) atoms. The fourth-order valence-corrected chi connectivity index (χ4v) is 1.65. The lowest BCUT2D eigenvalue weighted by molar-refractivity contribution is -0.121. The smallest absolute Gasteiger partial charge is 0.281 e. The molecule has 7 heteroatoms. The quantitative estimate of drug-likeness (QED) is 0.640. The first-order valence-electron chi connectivity index (χ1n) is 4.22. The van der Waals surface area contributed by atoms with E-state index >= 15 is 0 Å². The highest BCUT2D eigenvalue weighted by Gasteiger charge is 2.22. The summed E-state index contributed by atoms with van der Waals surface area (Å²) in [7, 11) is 0.722. The van der Waals surface area contributed by atoms with E-state index in [0.717, 1.165) is 8.61 Å². The van der Waals surface area contributed by atoms with Crippen molar-refractivity contribution in [1.29, 1.82) is 0 Å². The van der Waals surface area contributed by atoms with Crippen molar-refractivity contribution < 1.29 is 13.2 Å². The summed E-state index contributed by atoms with van der Waals surface area (Å²) in [5.74, 6) is -0.305. The SMILES string of the molecule is CCNC(=O)CN(C)S(=O)(=O)N(C)C. The third-order valence-electron chi connectivity index (χ3n) is 1.60. The van der Waals surface area contributed by atoms with Crippen LogP contribution in [0.4, 0.5) is 0 Å². The van der Waals surface area contributed by atoms with E-state index in [4.69, 9.17) is 0 Å². The number of hydrogen-bond donors (Lipinski definition) is 1. The molecule has 0 aliphatic carbocycles. The standard InChI is InChI=1S/C7H17N3O3S/c1-5-8-7(11)6-10(4)14(12,13)9(2)3/h5-6H2,1-4H3,(H,8,11). The third-order valence-corrected chi connectivity index (χ3v) is 3.44. The number of nitrogens with zero attached hydrogens (tertiary/aromatic N) is 2. The molecule has 1 amide bonds.